The second-order valence-corrected chi connectivity index (χ2v) is 9.66. The van der Waals surface area contributed by atoms with Gasteiger partial charge in [0.05, 0.1) is 12.2 Å². The summed E-state index contributed by atoms with van der Waals surface area (Å²) in [4.78, 5) is 0. The monoisotopic (exact) mass is 364 g/mol. The summed E-state index contributed by atoms with van der Waals surface area (Å²) in [6, 6.07) is 9.10. The first-order chi connectivity index (χ1) is 9.77. The maximum Gasteiger partial charge on any atom is 1.00 e. The predicted octanol–water partition coefficient (Wildman–Crippen LogP) is 0.699. The maximum atomic E-state index is 11.2. The van der Waals surface area contributed by atoms with Crippen molar-refractivity contribution in [2.24, 2.45) is 0 Å². The Hall–Kier alpha value is -0.230. The van der Waals surface area contributed by atoms with Gasteiger partial charge in [0, 0.05) is 5.56 Å². The van der Waals surface area contributed by atoms with Crippen LogP contribution < -0.4 is 43.7 Å². The van der Waals surface area contributed by atoms with Gasteiger partial charge in [-0.05, 0) is 43.7 Å². The molecule has 1 atom stereocenters. The van der Waals surface area contributed by atoms with Crippen molar-refractivity contribution < 1.29 is 48.8 Å². The van der Waals surface area contributed by atoms with Crippen LogP contribution in [0.4, 0.5) is 0 Å². The minimum atomic E-state index is -2.88. The molecule has 1 unspecified atom stereocenters. The summed E-state index contributed by atoms with van der Waals surface area (Å²) in [5, 5.41) is 20.6. The summed E-state index contributed by atoms with van der Waals surface area (Å²) in [6.07, 6.45) is -2.88. The van der Waals surface area contributed by atoms with Crippen LogP contribution in [0, 0.1) is 13.8 Å². The molecule has 0 spiro atoms. The second-order valence-electron chi connectivity index (χ2n) is 4.53. The fraction of sp³-hybridized carbons (Fsp3) is 0.143. The second kappa shape index (κ2) is 8.04. The number of phenols is 1. The van der Waals surface area contributed by atoms with Crippen molar-refractivity contribution in [3.8, 4) is 23.0 Å². The maximum absolute atomic E-state index is 11.2. The molecule has 0 bridgehead atoms. The minimum Gasteiger partial charge on any atom is -0.872 e. The molecule has 0 aliphatic heterocycles. The van der Waals surface area contributed by atoms with Crippen molar-refractivity contribution in [2.45, 2.75) is 13.8 Å². The average Bonchev–Trinajstić information content (AvgIpc) is 2.36. The van der Waals surface area contributed by atoms with E-state index in [0.29, 0.717) is 17.1 Å². The molecule has 2 rings (SSSR count). The first-order valence-electron chi connectivity index (χ1n) is 6.06. The van der Waals surface area contributed by atoms with E-state index in [-0.39, 0.29) is 41.1 Å². The molecule has 22 heavy (non-hydrogen) atoms. The van der Waals surface area contributed by atoms with Gasteiger partial charge in [0.25, 0.3) is 0 Å². The van der Waals surface area contributed by atoms with Gasteiger partial charge >= 0.3 is 35.7 Å². The van der Waals surface area contributed by atoms with E-state index >= 15 is 0 Å². The molecular weight excluding hydrogens is 350 g/mol. The van der Waals surface area contributed by atoms with Crippen LogP contribution in [-0.2, 0) is 12.2 Å². The van der Waals surface area contributed by atoms with E-state index < -0.39 is 6.12 Å². The van der Waals surface area contributed by atoms with Crippen LogP contribution in [0.1, 0.15) is 11.1 Å². The molecule has 4 nitrogen and oxygen atoms in total. The molecule has 0 aliphatic rings. The van der Waals surface area contributed by atoms with Gasteiger partial charge < -0.3 is 31.5 Å². The number of aromatic hydroxyl groups is 1. The smallest absolute Gasteiger partial charge is 0.872 e. The standard InChI is InChI=1S/C14H15O4PS2.Na/c1-9-7-11(15)3-5-13(9)17-19(20,21)18-14-6-4-12(16)8-10(14)2;/h3-8,15-16H,1-2H3,(H,20,21);/q;+1/p-1. The summed E-state index contributed by atoms with van der Waals surface area (Å²) < 4.78 is 11.3. The molecule has 0 fully saturated rings. The number of phenolic OH excluding ortho intramolecular Hbond substituents is 1. The third-order valence-electron chi connectivity index (χ3n) is 2.73. The van der Waals surface area contributed by atoms with Crippen molar-refractivity contribution in [3.05, 3.63) is 47.5 Å². The quantitative estimate of drug-likeness (QED) is 0.362. The molecule has 0 aliphatic carbocycles. The van der Waals surface area contributed by atoms with E-state index in [2.05, 4.69) is 12.2 Å². The topological polar surface area (TPSA) is 61.8 Å². The van der Waals surface area contributed by atoms with Gasteiger partial charge in [-0.15, -0.1) is 5.75 Å². The molecule has 0 radical (unpaired) electrons. The Bertz CT molecular complexity index is 612. The van der Waals surface area contributed by atoms with Crippen molar-refractivity contribution >= 4 is 30.6 Å². The molecule has 112 valence electrons. The molecule has 2 aromatic rings. The van der Waals surface area contributed by atoms with Gasteiger partial charge in [0.15, 0.2) is 11.5 Å². The SMILES string of the molecule is Cc1cc([O-])ccc1O[P+]([S-])(S)Oc1ccc(O)cc1C.[Na+]. The number of rotatable bonds is 4. The fourth-order valence-electron chi connectivity index (χ4n) is 1.73. The van der Waals surface area contributed by atoms with E-state index in [1.165, 1.54) is 18.2 Å². The Balaban J connectivity index is 0.00000242. The summed E-state index contributed by atoms with van der Waals surface area (Å²) in [6.45, 7) is 3.54. The van der Waals surface area contributed by atoms with Crippen molar-refractivity contribution in [1.29, 1.82) is 0 Å². The van der Waals surface area contributed by atoms with Gasteiger partial charge in [0.2, 0.25) is 0 Å². The first kappa shape index (κ1) is 19.8. The number of hydrogen-bond donors (Lipinski definition) is 2. The van der Waals surface area contributed by atoms with Crippen molar-refractivity contribution in [2.75, 3.05) is 0 Å². The van der Waals surface area contributed by atoms with E-state index in [0.717, 1.165) is 5.56 Å². The van der Waals surface area contributed by atoms with Crippen LogP contribution >= 0.6 is 18.4 Å². The Morgan fingerprint density at radius 3 is 2.05 bits per heavy atom. The molecule has 0 saturated carbocycles. The van der Waals surface area contributed by atoms with E-state index in [4.69, 9.17) is 21.3 Å². The number of aryl methyl sites for hydroxylation is 2. The minimum absolute atomic E-state index is 0. The van der Waals surface area contributed by atoms with Gasteiger partial charge in [-0.1, -0.05) is 12.1 Å². The summed E-state index contributed by atoms with van der Waals surface area (Å²) in [7, 11) is 0. The van der Waals surface area contributed by atoms with Crippen LogP contribution in [0.2, 0.25) is 0 Å². The molecule has 8 heteroatoms. The molecule has 0 saturated heterocycles. The van der Waals surface area contributed by atoms with E-state index in [9.17, 15) is 10.2 Å². The van der Waals surface area contributed by atoms with E-state index in [1.807, 2.05) is 0 Å². The Labute approximate surface area is 163 Å². The van der Waals surface area contributed by atoms with Gasteiger partial charge in [-0.3, -0.25) is 0 Å². The molecule has 0 amide bonds. The van der Waals surface area contributed by atoms with Gasteiger partial charge in [0.1, 0.15) is 5.75 Å². The third kappa shape index (κ3) is 5.44. The van der Waals surface area contributed by atoms with Crippen LogP contribution in [0.25, 0.3) is 0 Å². The summed E-state index contributed by atoms with van der Waals surface area (Å²) >= 11 is 9.58. The van der Waals surface area contributed by atoms with Crippen LogP contribution in [0.5, 0.6) is 23.0 Å². The zero-order valence-corrected chi connectivity index (χ0v) is 17.0. The third-order valence-corrected chi connectivity index (χ3v) is 4.52. The first-order valence-corrected chi connectivity index (χ1v) is 9.85. The molecular formula is C14H14NaO4PS2. The van der Waals surface area contributed by atoms with Gasteiger partial charge in [-0.2, -0.15) is 0 Å². The Morgan fingerprint density at radius 2 is 1.55 bits per heavy atom. The van der Waals surface area contributed by atoms with E-state index in [1.54, 1.807) is 32.0 Å². The van der Waals surface area contributed by atoms with Crippen LogP contribution in [0.3, 0.4) is 0 Å². The predicted molar refractivity (Wildman–Crippen MR) is 88.0 cm³/mol. The molecule has 0 aromatic heterocycles. The number of hydrogen-bond acceptors (Lipinski definition) is 6. The summed E-state index contributed by atoms with van der Waals surface area (Å²) in [5.41, 5.74) is 1.41. The summed E-state index contributed by atoms with van der Waals surface area (Å²) in [5.74, 6) is 1.03. The van der Waals surface area contributed by atoms with Crippen LogP contribution in [0.15, 0.2) is 36.4 Å². The normalized spacial score (nSPS) is 12.9. The Kier molecular flexibility index (Phi) is 7.24. The average molecular weight is 364 g/mol. The molecule has 0 heterocycles. The molecule has 2 aromatic carbocycles. The zero-order valence-electron chi connectivity index (χ0n) is 12.4. The molecule has 1 N–H and O–H groups in total. The fourth-order valence-corrected chi connectivity index (χ4v) is 3.68. The number of thiol groups is 1. The number of benzene rings is 2. The largest absolute Gasteiger partial charge is 1.00 e. The zero-order chi connectivity index (χ0) is 15.6. The van der Waals surface area contributed by atoms with Crippen molar-refractivity contribution in [1.82, 2.24) is 0 Å². The van der Waals surface area contributed by atoms with Gasteiger partial charge in [-0.25, -0.2) is 0 Å². The Morgan fingerprint density at radius 1 is 1.05 bits per heavy atom. The van der Waals surface area contributed by atoms with Crippen molar-refractivity contribution in [3.63, 3.8) is 0 Å². The van der Waals surface area contributed by atoms with Crippen LogP contribution in [-0.4, -0.2) is 5.11 Å².